The van der Waals surface area contributed by atoms with Crippen molar-refractivity contribution in [3.05, 3.63) is 59.7 Å². The molecule has 2 aromatic carbocycles. The lowest BCUT2D eigenvalue weighted by molar-refractivity contribution is 0.0950. The van der Waals surface area contributed by atoms with Crippen molar-refractivity contribution in [3.8, 4) is 5.75 Å². The third-order valence-corrected chi connectivity index (χ3v) is 5.49. The molecule has 0 atom stereocenters. The number of benzene rings is 2. The van der Waals surface area contributed by atoms with Gasteiger partial charge >= 0.3 is 0 Å². The SMILES string of the molecule is COc1ccc(CNC(=O)c2cccc(S(=O)(=O)NCCC(C)C)c2)cc1. The first-order valence-corrected chi connectivity index (χ1v) is 10.3. The van der Waals surface area contributed by atoms with Gasteiger partial charge in [0.15, 0.2) is 0 Å². The average Bonchev–Trinajstić information content (AvgIpc) is 2.66. The number of rotatable bonds is 9. The van der Waals surface area contributed by atoms with Gasteiger partial charge in [-0.3, -0.25) is 4.79 Å². The van der Waals surface area contributed by atoms with Crippen LogP contribution in [0.15, 0.2) is 53.4 Å². The lowest BCUT2D eigenvalue weighted by Crippen LogP contribution is -2.27. The first-order chi connectivity index (χ1) is 12.8. The van der Waals surface area contributed by atoms with E-state index < -0.39 is 10.0 Å². The topological polar surface area (TPSA) is 84.5 Å². The Hall–Kier alpha value is -2.38. The quantitative estimate of drug-likeness (QED) is 0.689. The minimum absolute atomic E-state index is 0.0864. The Bertz CT molecular complexity index is 862. The van der Waals surface area contributed by atoms with Crippen LogP contribution in [0.2, 0.25) is 0 Å². The molecule has 0 unspecified atom stereocenters. The molecule has 0 saturated carbocycles. The predicted molar refractivity (Wildman–Crippen MR) is 105 cm³/mol. The van der Waals surface area contributed by atoms with E-state index in [0.29, 0.717) is 24.6 Å². The molecule has 0 heterocycles. The number of hydrogen-bond acceptors (Lipinski definition) is 4. The van der Waals surface area contributed by atoms with Crippen LogP contribution in [-0.2, 0) is 16.6 Å². The van der Waals surface area contributed by atoms with Crippen molar-refractivity contribution in [2.45, 2.75) is 31.7 Å². The molecular formula is C20H26N2O4S. The van der Waals surface area contributed by atoms with Gasteiger partial charge in [-0.1, -0.05) is 32.0 Å². The highest BCUT2D eigenvalue weighted by Crippen LogP contribution is 2.13. The third-order valence-electron chi connectivity index (χ3n) is 4.03. The molecule has 0 saturated heterocycles. The lowest BCUT2D eigenvalue weighted by atomic mass is 10.1. The number of carbonyl (C=O) groups excluding carboxylic acids is 1. The molecule has 146 valence electrons. The van der Waals surface area contributed by atoms with E-state index in [2.05, 4.69) is 10.0 Å². The summed E-state index contributed by atoms with van der Waals surface area (Å²) in [5.41, 5.74) is 1.22. The number of hydrogen-bond donors (Lipinski definition) is 2. The Morgan fingerprint density at radius 3 is 2.44 bits per heavy atom. The molecule has 0 fully saturated rings. The van der Waals surface area contributed by atoms with Gasteiger partial charge in [-0.15, -0.1) is 0 Å². The standard InChI is InChI=1S/C20H26N2O4S/c1-15(2)11-12-22-27(24,25)19-6-4-5-17(13-19)20(23)21-14-16-7-9-18(26-3)10-8-16/h4-10,13,15,22H,11-12,14H2,1-3H3,(H,21,23). The van der Waals surface area contributed by atoms with E-state index in [1.54, 1.807) is 19.2 Å². The van der Waals surface area contributed by atoms with Crippen LogP contribution in [0.25, 0.3) is 0 Å². The molecule has 2 rings (SSSR count). The van der Waals surface area contributed by atoms with Crippen molar-refractivity contribution in [2.24, 2.45) is 5.92 Å². The smallest absolute Gasteiger partial charge is 0.251 e. The summed E-state index contributed by atoms with van der Waals surface area (Å²) in [5, 5.41) is 2.79. The maximum atomic E-state index is 12.4. The maximum absolute atomic E-state index is 12.4. The Kier molecular flexibility index (Phi) is 7.38. The molecule has 1 amide bonds. The van der Waals surface area contributed by atoms with E-state index in [1.165, 1.54) is 12.1 Å². The summed E-state index contributed by atoms with van der Waals surface area (Å²) in [4.78, 5) is 12.5. The van der Waals surface area contributed by atoms with Crippen LogP contribution in [0.3, 0.4) is 0 Å². The molecular weight excluding hydrogens is 364 g/mol. The summed E-state index contributed by atoms with van der Waals surface area (Å²) in [6.07, 6.45) is 0.751. The molecule has 0 radical (unpaired) electrons. The molecule has 0 aliphatic heterocycles. The number of sulfonamides is 1. The van der Waals surface area contributed by atoms with E-state index in [9.17, 15) is 13.2 Å². The van der Waals surface area contributed by atoms with Gasteiger partial charge in [0.2, 0.25) is 10.0 Å². The molecule has 27 heavy (non-hydrogen) atoms. The van der Waals surface area contributed by atoms with Crippen LogP contribution >= 0.6 is 0 Å². The molecule has 0 spiro atoms. The zero-order valence-electron chi connectivity index (χ0n) is 15.9. The van der Waals surface area contributed by atoms with Gasteiger partial charge in [-0.05, 0) is 48.2 Å². The van der Waals surface area contributed by atoms with Crippen LogP contribution in [0.4, 0.5) is 0 Å². The van der Waals surface area contributed by atoms with Gasteiger partial charge in [0.1, 0.15) is 5.75 Å². The minimum atomic E-state index is -3.63. The van der Waals surface area contributed by atoms with Gasteiger partial charge in [-0.2, -0.15) is 0 Å². The fourth-order valence-corrected chi connectivity index (χ4v) is 3.49. The summed E-state index contributed by atoms with van der Waals surface area (Å²) >= 11 is 0. The monoisotopic (exact) mass is 390 g/mol. The van der Waals surface area contributed by atoms with Gasteiger partial charge < -0.3 is 10.1 Å². The molecule has 0 aromatic heterocycles. The minimum Gasteiger partial charge on any atom is -0.497 e. The number of nitrogens with one attached hydrogen (secondary N) is 2. The van der Waals surface area contributed by atoms with Crippen LogP contribution in [0.5, 0.6) is 5.75 Å². The first-order valence-electron chi connectivity index (χ1n) is 8.82. The predicted octanol–water partition coefficient (Wildman–Crippen LogP) is 2.95. The molecule has 2 N–H and O–H groups in total. The molecule has 7 heteroatoms. The number of methoxy groups -OCH3 is 1. The highest BCUT2D eigenvalue weighted by Gasteiger charge is 2.16. The Morgan fingerprint density at radius 1 is 1.11 bits per heavy atom. The van der Waals surface area contributed by atoms with E-state index in [4.69, 9.17) is 4.74 Å². The molecule has 0 aliphatic rings. The van der Waals surface area contributed by atoms with Gasteiger partial charge in [0.05, 0.1) is 12.0 Å². The summed E-state index contributed by atoms with van der Waals surface area (Å²) in [7, 11) is -2.04. The fourth-order valence-electron chi connectivity index (χ4n) is 2.40. The van der Waals surface area contributed by atoms with E-state index in [-0.39, 0.29) is 10.8 Å². The normalized spacial score (nSPS) is 11.4. The first kappa shape index (κ1) is 20.9. The Labute approximate surface area is 161 Å². The van der Waals surface area contributed by atoms with Crippen LogP contribution < -0.4 is 14.8 Å². The van der Waals surface area contributed by atoms with Crippen molar-refractivity contribution in [1.29, 1.82) is 0 Å². The zero-order chi connectivity index (χ0) is 19.9. The number of ether oxygens (including phenoxy) is 1. The second-order valence-corrected chi connectivity index (χ2v) is 8.41. The van der Waals surface area contributed by atoms with E-state index in [0.717, 1.165) is 17.7 Å². The summed E-state index contributed by atoms with van der Waals surface area (Å²) in [6.45, 7) is 4.77. The fraction of sp³-hybridized carbons (Fsp3) is 0.350. The average molecular weight is 391 g/mol. The Morgan fingerprint density at radius 2 is 1.81 bits per heavy atom. The summed E-state index contributed by atoms with van der Waals surface area (Å²) < 4.78 is 32.4. The van der Waals surface area contributed by atoms with Gasteiger partial charge in [0.25, 0.3) is 5.91 Å². The molecule has 2 aromatic rings. The van der Waals surface area contributed by atoms with Crippen molar-refractivity contribution < 1.29 is 17.9 Å². The summed E-state index contributed by atoms with van der Waals surface area (Å²) in [5.74, 6) is 0.820. The lowest BCUT2D eigenvalue weighted by Gasteiger charge is -2.10. The third kappa shape index (κ3) is 6.37. The van der Waals surface area contributed by atoms with Crippen LogP contribution in [-0.4, -0.2) is 28.0 Å². The van der Waals surface area contributed by atoms with Crippen molar-refractivity contribution >= 4 is 15.9 Å². The molecule has 0 aliphatic carbocycles. The second-order valence-electron chi connectivity index (χ2n) is 6.64. The highest BCUT2D eigenvalue weighted by atomic mass is 32.2. The number of amides is 1. The van der Waals surface area contributed by atoms with E-state index in [1.807, 2.05) is 38.1 Å². The highest BCUT2D eigenvalue weighted by molar-refractivity contribution is 7.89. The second kappa shape index (κ2) is 9.53. The van der Waals surface area contributed by atoms with E-state index >= 15 is 0 Å². The zero-order valence-corrected chi connectivity index (χ0v) is 16.7. The summed E-state index contributed by atoms with van der Waals surface area (Å²) in [6, 6.07) is 13.4. The van der Waals surface area contributed by atoms with Crippen molar-refractivity contribution in [1.82, 2.24) is 10.0 Å². The van der Waals surface area contributed by atoms with Gasteiger partial charge in [0, 0.05) is 18.7 Å². The molecule has 6 nitrogen and oxygen atoms in total. The van der Waals surface area contributed by atoms with Crippen LogP contribution in [0, 0.1) is 5.92 Å². The maximum Gasteiger partial charge on any atom is 0.251 e. The van der Waals surface area contributed by atoms with Crippen molar-refractivity contribution in [2.75, 3.05) is 13.7 Å². The number of carbonyl (C=O) groups is 1. The molecule has 0 bridgehead atoms. The van der Waals surface area contributed by atoms with Gasteiger partial charge in [-0.25, -0.2) is 13.1 Å². The van der Waals surface area contributed by atoms with Crippen molar-refractivity contribution in [3.63, 3.8) is 0 Å². The van der Waals surface area contributed by atoms with Crippen LogP contribution in [0.1, 0.15) is 36.2 Å². The largest absolute Gasteiger partial charge is 0.497 e. The Balaban J connectivity index is 2.01.